The van der Waals surface area contributed by atoms with E-state index in [9.17, 15) is 0 Å². The van der Waals surface area contributed by atoms with E-state index in [1.54, 1.807) is 11.3 Å². The van der Waals surface area contributed by atoms with Crippen LogP contribution in [0.5, 0.6) is 0 Å². The Morgan fingerprint density at radius 3 is 2.59 bits per heavy atom. The predicted molar refractivity (Wildman–Crippen MR) is 106 cm³/mol. The van der Waals surface area contributed by atoms with Crippen LogP contribution in [0.3, 0.4) is 0 Å². The quantitative estimate of drug-likeness (QED) is 0.401. The summed E-state index contributed by atoms with van der Waals surface area (Å²) in [6.07, 6.45) is 8.62. The van der Waals surface area contributed by atoms with E-state index in [4.69, 9.17) is 0 Å². The van der Waals surface area contributed by atoms with Gasteiger partial charge in [-0.15, -0.1) is 35.3 Å². The molecule has 0 aromatic carbocycles. The van der Waals surface area contributed by atoms with Crippen LogP contribution in [0.2, 0.25) is 0 Å². The summed E-state index contributed by atoms with van der Waals surface area (Å²) in [7, 11) is 0. The zero-order valence-corrected chi connectivity index (χ0v) is 17.1. The van der Waals surface area contributed by atoms with Crippen LogP contribution in [0, 0.1) is 12.3 Å². The second kappa shape index (κ2) is 9.70. The molecule has 0 saturated heterocycles. The summed E-state index contributed by atoms with van der Waals surface area (Å²) in [4.78, 5) is 10.3. The highest BCUT2D eigenvalue weighted by atomic mass is 127. The molecule has 1 heterocycles. The van der Waals surface area contributed by atoms with Crippen LogP contribution in [0.25, 0.3) is 0 Å². The fourth-order valence-corrected chi connectivity index (χ4v) is 3.73. The lowest BCUT2D eigenvalue weighted by Gasteiger charge is -2.28. The molecular formula is C16H29IN4S. The Morgan fingerprint density at radius 2 is 2.05 bits per heavy atom. The number of guanidine groups is 1. The van der Waals surface area contributed by atoms with E-state index >= 15 is 0 Å². The summed E-state index contributed by atoms with van der Waals surface area (Å²) in [5, 5.41) is 7.97. The number of aromatic nitrogens is 1. The number of aryl methyl sites for hydroxylation is 1. The third-order valence-corrected chi connectivity index (χ3v) is 5.33. The molecule has 1 saturated carbocycles. The molecule has 4 nitrogen and oxygen atoms in total. The van der Waals surface area contributed by atoms with Gasteiger partial charge in [0.25, 0.3) is 0 Å². The highest BCUT2D eigenvalue weighted by molar-refractivity contribution is 14.0. The first-order valence-corrected chi connectivity index (χ1v) is 8.92. The number of nitrogens with one attached hydrogen (secondary N) is 2. The third kappa shape index (κ3) is 5.68. The minimum Gasteiger partial charge on any atom is -0.357 e. The lowest BCUT2D eigenvalue weighted by Crippen LogP contribution is -2.42. The van der Waals surface area contributed by atoms with Crippen LogP contribution in [-0.2, 0) is 6.54 Å². The van der Waals surface area contributed by atoms with Crippen molar-refractivity contribution >= 4 is 41.3 Å². The highest BCUT2D eigenvalue weighted by Crippen LogP contribution is 2.40. The molecule has 0 spiro atoms. The van der Waals surface area contributed by atoms with Crippen molar-refractivity contribution < 1.29 is 0 Å². The van der Waals surface area contributed by atoms with Crippen LogP contribution >= 0.6 is 35.3 Å². The maximum Gasteiger partial charge on any atom is 0.191 e. The van der Waals surface area contributed by atoms with Crippen molar-refractivity contribution in [1.29, 1.82) is 0 Å². The van der Waals surface area contributed by atoms with Crippen LogP contribution in [0.1, 0.15) is 55.8 Å². The van der Waals surface area contributed by atoms with Crippen molar-refractivity contribution in [3.63, 3.8) is 0 Å². The summed E-state index contributed by atoms with van der Waals surface area (Å²) in [6, 6.07) is 0. The normalized spacial score (nSPS) is 17.1. The minimum atomic E-state index is 0. The maximum atomic E-state index is 4.67. The van der Waals surface area contributed by atoms with E-state index in [2.05, 4.69) is 41.4 Å². The van der Waals surface area contributed by atoms with E-state index in [1.807, 2.05) is 6.20 Å². The van der Waals surface area contributed by atoms with Crippen LogP contribution in [0.4, 0.5) is 0 Å². The van der Waals surface area contributed by atoms with Crippen molar-refractivity contribution in [2.24, 2.45) is 10.4 Å². The Hall–Kier alpha value is -0.370. The SMILES string of the molecule is CCNC(=NCc1ncc(C)s1)NCC1(CC)CCCC1.I. The molecule has 0 bridgehead atoms. The molecule has 2 rings (SSSR count). The van der Waals surface area contributed by atoms with Crippen LogP contribution in [0.15, 0.2) is 11.2 Å². The Labute approximate surface area is 155 Å². The molecule has 1 aliphatic carbocycles. The molecule has 22 heavy (non-hydrogen) atoms. The molecule has 1 aliphatic rings. The zero-order valence-electron chi connectivity index (χ0n) is 13.9. The zero-order chi connectivity index (χ0) is 15.1. The van der Waals surface area contributed by atoms with Gasteiger partial charge in [-0.05, 0) is 38.5 Å². The standard InChI is InChI=1S/C16H28N4S.HI/c1-4-16(8-6-7-9-16)12-20-15(17-5-2)19-11-14-18-10-13(3)21-14;/h10H,4-9,11-12H2,1-3H3,(H2,17,19,20);1H. The van der Waals surface area contributed by atoms with E-state index in [1.165, 1.54) is 37.0 Å². The number of hydrogen-bond acceptors (Lipinski definition) is 3. The number of thiazole rings is 1. The van der Waals surface area contributed by atoms with E-state index in [-0.39, 0.29) is 24.0 Å². The van der Waals surface area contributed by atoms with Crippen molar-refractivity contribution in [3.05, 3.63) is 16.1 Å². The fourth-order valence-electron chi connectivity index (χ4n) is 3.01. The van der Waals surface area contributed by atoms with Gasteiger partial charge in [-0.3, -0.25) is 0 Å². The smallest absolute Gasteiger partial charge is 0.191 e. The van der Waals surface area contributed by atoms with Gasteiger partial charge in [0, 0.05) is 24.2 Å². The van der Waals surface area contributed by atoms with Gasteiger partial charge in [-0.25, -0.2) is 9.98 Å². The average Bonchev–Trinajstić information content (AvgIpc) is 3.12. The van der Waals surface area contributed by atoms with E-state index in [0.717, 1.165) is 24.1 Å². The second-order valence-electron chi connectivity index (χ2n) is 5.97. The topological polar surface area (TPSA) is 49.3 Å². The molecule has 2 N–H and O–H groups in total. The molecule has 0 amide bonds. The van der Waals surface area contributed by atoms with Gasteiger partial charge >= 0.3 is 0 Å². The van der Waals surface area contributed by atoms with Gasteiger partial charge < -0.3 is 10.6 Å². The Morgan fingerprint density at radius 1 is 1.32 bits per heavy atom. The Kier molecular flexibility index (Phi) is 8.67. The van der Waals surface area contributed by atoms with Gasteiger partial charge in [0.1, 0.15) is 5.01 Å². The number of halogens is 1. The molecular weight excluding hydrogens is 407 g/mol. The van der Waals surface area contributed by atoms with Gasteiger partial charge in [-0.1, -0.05) is 19.8 Å². The molecule has 0 unspecified atom stereocenters. The van der Waals surface area contributed by atoms with Gasteiger partial charge in [0.2, 0.25) is 0 Å². The summed E-state index contributed by atoms with van der Waals surface area (Å²) in [5.74, 6) is 0.921. The number of hydrogen-bond donors (Lipinski definition) is 2. The van der Waals surface area contributed by atoms with E-state index in [0.29, 0.717) is 12.0 Å². The second-order valence-corrected chi connectivity index (χ2v) is 7.29. The lowest BCUT2D eigenvalue weighted by atomic mass is 9.83. The van der Waals surface area contributed by atoms with Crippen molar-refractivity contribution in [2.75, 3.05) is 13.1 Å². The van der Waals surface area contributed by atoms with Crippen LogP contribution in [-0.4, -0.2) is 24.0 Å². The third-order valence-electron chi connectivity index (χ3n) is 4.43. The summed E-state index contributed by atoms with van der Waals surface area (Å²) in [5.41, 5.74) is 0.480. The Bertz CT molecular complexity index is 466. The first-order valence-electron chi connectivity index (χ1n) is 8.11. The van der Waals surface area contributed by atoms with Crippen molar-refractivity contribution in [2.45, 2.75) is 59.4 Å². The summed E-state index contributed by atoms with van der Waals surface area (Å²) < 4.78 is 0. The molecule has 0 radical (unpaired) electrons. The maximum absolute atomic E-state index is 4.67. The summed E-state index contributed by atoms with van der Waals surface area (Å²) >= 11 is 1.72. The van der Waals surface area contributed by atoms with Crippen molar-refractivity contribution in [1.82, 2.24) is 15.6 Å². The largest absolute Gasteiger partial charge is 0.357 e. The number of rotatable bonds is 6. The first kappa shape index (κ1) is 19.7. The van der Waals surface area contributed by atoms with Gasteiger partial charge in [-0.2, -0.15) is 0 Å². The predicted octanol–water partition coefficient (Wildman–Crippen LogP) is 4.10. The van der Waals surface area contributed by atoms with Crippen molar-refractivity contribution in [3.8, 4) is 0 Å². The molecule has 6 heteroatoms. The van der Waals surface area contributed by atoms with Gasteiger partial charge in [0.05, 0.1) is 6.54 Å². The number of aliphatic imine (C=N–C) groups is 1. The minimum absolute atomic E-state index is 0. The molecule has 0 atom stereocenters. The Balaban J connectivity index is 0.00000242. The molecule has 1 aromatic heterocycles. The first-order chi connectivity index (χ1) is 10.2. The number of nitrogens with zero attached hydrogens (tertiary/aromatic N) is 2. The summed E-state index contributed by atoms with van der Waals surface area (Å²) in [6.45, 7) is 9.09. The molecule has 126 valence electrons. The van der Waals surface area contributed by atoms with Gasteiger partial charge in [0.15, 0.2) is 5.96 Å². The molecule has 1 fully saturated rings. The molecule has 0 aliphatic heterocycles. The monoisotopic (exact) mass is 436 g/mol. The van der Waals surface area contributed by atoms with Crippen LogP contribution < -0.4 is 10.6 Å². The lowest BCUT2D eigenvalue weighted by molar-refractivity contribution is 0.283. The fraction of sp³-hybridized carbons (Fsp3) is 0.750. The van der Waals surface area contributed by atoms with E-state index < -0.39 is 0 Å². The molecule has 1 aromatic rings. The average molecular weight is 436 g/mol. The highest BCUT2D eigenvalue weighted by Gasteiger charge is 2.31.